The molecule has 0 bridgehead atoms. The number of carbonyl (C=O) groups is 2. The van der Waals surface area contributed by atoms with Gasteiger partial charge in [0, 0.05) is 30.5 Å². The van der Waals surface area contributed by atoms with Crippen LogP contribution in [0.15, 0.2) is 30.9 Å². The molecule has 3 aromatic heterocycles. The highest BCUT2D eigenvalue weighted by molar-refractivity contribution is 5.83. The predicted molar refractivity (Wildman–Crippen MR) is 137 cm³/mol. The third-order valence-electron chi connectivity index (χ3n) is 8.17. The first-order chi connectivity index (χ1) is 17.5. The normalized spacial score (nSPS) is 20.0. The van der Waals surface area contributed by atoms with Gasteiger partial charge in [0.1, 0.15) is 17.9 Å². The molecule has 2 atom stereocenters. The van der Waals surface area contributed by atoms with Crippen molar-refractivity contribution in [3.8, 4) is 11.3 Å². The first-order valence-corrected chi connectivity index (χ1v) is 13.3. The zero-order valence-electron chi connectivity index (χ0n) is 21.4. The van der Waals surface area contributed by atoms with E-state index in [1.54, 1.807) is 4.52 Å². The fourth-order valence-corrected chi connectivity index (χ4v) is 5.55. The van der Waals surface area contributed by atoms with Gasteiger partial charge in [-0.05, 0) is 69.8 Å². The molecule has 0 aromatic carbocycles. The molecular weight excluding hydrogens is 454 g/mol. The van der Waals surface area contributed by atoms with Crippen LogP contribution >= 0.6 is 0 Å². The summed E-state index contributed by atoms with van der Waals surface area (Å²) in [7, 11) is 2.16. The van der Waals surface area contributed by atoms with E-state index in [-0.39, 0.29) is 23.3 Å². The number of rotatable bonds is 11. The number of ketones is 1. The van der Waals surface area contributed by atoms with Crippen molar-refractivity contribution >= 4 is 17.3 Å². The number of aromatic amines is 1. The molecule has 1 aliphatic heterocycles. The van der Waals surface area contributed by atoms with Gasteiger partial charge in [0.05, 0.1) is 17.9 Å². The maximum atomic E-state index is 13.3. The number of likely N-dealkylation sites (tertiary alicyclic amines) is 1. The molecule has 2 fully saturated rings. The average molecular weight is 492 g/mol. The summed E-state index contributed by atoms with van der Waals surface area (Å²) in [5.74, 6) is 1.37. The minimum absolute atomic E-state index is 0.112. The van der Waals surface area contributed by atoms with Crippen LogP contribution in [0, 0.1) is 11.3 Å². The number of Topliss-reactive ketones (excluding diaryl/α,β-unsaturated/α-hetero) is 1. The highest BCUT2D eigenvalue weighted by Gasteiger charge is 2.58. The molecule has 5 rings (SSSR count). The van der Waals surface area contributed by atoms with Crippen molar-refractivity contribution in [1.82, 2.24) is 34.8 Å². The highest BCUT2D eigenvalue weighted by atomic mass is 16.2. The summed E-state index contributed by atoms with van der Waals surface area (Å²) in [6, 6.07) is 3.77. The summed E-state index contributed by atoms with van der Waals surface area (Å²) in [5.41, 5.74) is 2.84. The Kier molecular flexibility index (Phi) is 7.18. The van der Waals surface area contributed by atoms with Crippen LogP contribution < -0.4 is 5.32 Å². The molecule has 36 heavy (non-hydrogen) atoms. The molecule has 1 saturated heterocycles. The van der Waals surface area contributed by atoms with Crippen molar-refractivity contribution in [1.29, 1.82) is 0 Å². The van der Waals surface area contributed by atoms with Crippen LogP contribution in [0.4, 0.5) is 0 Å². The number of nitrogens with one attached hydrogen (secondary N) is 2. The molecule has 4 heterocycles. The van der Waals surface area contributed by atoms with E-state index in [9.17, 15) is 9.59 Å². The third-order valence-corrected chi connectivity index (χ3v) is 8.17. The Bertz CT molecular complexity index is 1210. The summed E-state index contributed by atoms with van der Waals surface area (Å²) < 4.78 is 1.72. The molecule has 2 N–H and O–H groups in total. The topological polar surface area (TPSA) is 108 Å². The van der Waals surface area contributed by atoms with Crippen LogP contribution in [0.2, 0.25) is 0 Å². The van der Waals surface area contributed by atoms with E-state index in [1.165, 1.54) is 6.33 Å². The van der Waals surface area contributed by atoms with Gasteiger partial charge in [0.25, 0.3) is 0 Å². The van der Waals surface area contributed by atoms with Crippen molar-refractivity contribution in [2.24, 2.45) is 11.3 Å². The van der Waals surface area contributed by atoms with E-state index in [1.807, 2.05) is 31.5 Å². The molecule has 0 radical (unpaired) electrons. The zero-order chi connectivity index (χ0) is 25.1. The van der Waals surface area contributed by atoms with Gasteiger partial charge in [-0.15, -0.1) is 0 Å². The largest absolute Gasteiger partial charge is 0.346 e. The number of hydrogen-bond donors (Lipinski definition) is 2. The lowest BCUT2D eigenvalue weighted by atomic mass is 9.91. The van der Waals surface area contributed by atoms with E-state index in [0.717, 1.165) is 80.8 Å². The average Bonchev–Trinajstić information content (AvgIpc) is 3.21. The summed E-state index contributed by atoms with van der Waals surface area (Å²) in [6.07, 6.45) is 13.3. The van der Waals surface area contributed by atoms with Gasteiger partial charge < -0.3 is 15.2 Å². The number of nitrogens with zero attached hydrogens (tertiary/aromatic N) is 5. The maximum Gasteiger partial charge on any atom is 0.224 e. The molecule has 2 aliphatic rings. The number of aromatic nitrogens is 5. The van der Waals surface area contributed by atoms with Crippen LogP contribution in [0.3, 0.4) is 0 Å². The lowest BCUT2D eigenvalue weighted by molar-refractivity contribution is -0.124. The first kappa shape index (κ1) is 24.6. The van der Waals surface area contributed by atoms with Gasteiger partial charge in [0.15, 0.2) is 5.65 Å². The summed E-state index contributed by atoms with van der Waals surface area (Å²) in [4.78, 5) is 39.7. The number of hydrogen-bond acceptors (Lipinski definition) is 6. The van der Waals surface area contributed by atoms with Crippen LogP contribution in [0.5, 0.6) is 0 Å². The second-order valence-electron chi connectivity index (χ2n) is 10.6. The molecule has 1 amide bonds. The number of amides is 1. The minimum Gasteiger partial charge on any atom is -0.346 e. The van der Waals surface area contributed by atoms with Crippen LogP contribution in [-0.2, 0) is 9.59 Å². The summed E-state index contributed by atoms with van der Waals surface area (Å²) in [5, 5.41) is 7.50. The monoisotopic (exact) mass is 491 g/mol. The molecule has 1 saturated carbocycles. The third kappa shape index (κ3) is 5.36. The molecular formula is C27H37N7O2. The van der Waals surface area contributed by atoms with Gasteiger partial charge in [-0.25, -0.2) is 14.5 Å². The summed E-state index contributed by atoms with van der Waals surface area (Å²) in [6.45, 7) is 4.06. The van der Waals surface area contributed by atoms with Crippen molar-refractivity contribution < 1.29 is 9.59 Å². The quantitative estimate of drug-likeness (QED) is 0.393. The number of fused-ring (bicyclic) bond motifs is 1. The first-order valence-electron chi connectivity index (χ1n) is 13.3. The SMILES string of the molecule is CCC(=O)CCCCC[C@H](NC(=O)[C@H]1CC12CCN(C)CC2)c1ncc(-c2ccn3ncnc3c2)[nH]1. The molecule has 0 unspecified atom stereocenters. The number of carbonyl (C=O) groups excluding carboxylic acids is 2. The van der Waals surface area contributed by atoms with Crippen LogP contribution in [0.25, 0.3) is 16.9 Å². The molecule has 1 spiro atoms. The lowest BCUT2D eigenvalue weighted by Crippen LogP contribution is -2.36. The molecule has 1 aliphatic carbocycles. The number of pyridine rings is 1. The molecule has 9 nitrogen and oxygen atoms in total. The highest BCUT2D eigenvalue weighted by Crippen LogP contribution is 2.59. The number of H-pyrrole nitrogens is 1. The maximum absolute atomic E-state index is 13.3. The van der Waals surface area contributed by atoms with Gasteiger partial charge in [-0.1, -0.05) is 19.8 Å². The van der Waals surface area contributed by atoms with Gasteiger partial charge in [-0.2, -0.15) is 5.10 Å². The standard InChI is InChI=1S/C27H37N7O2/c1-3-20(35)7-5-4-6-8-22(32-26(36)21-16-27(21)10-13-33(2)14-11-27)25-28-17-23(31-25)19-9-12-34-24(15-19)29-18-30-34/h9,12,15,17-18,21-22H,3-8,10-11,13-14,16H2,1-2H3,(H,28,31)(H,32,36)/t21-,22+/m1/s1. The molecule has 3 aromatic rings. The Balaban J connectivity index is 1.26. The van der Waals surface area contributed by atoms with Crippen LogP contribution in [-0.4, -0.2) is 61.3 Å². The predicted octanol–water partition coefficient (Wildman–Crippen LogP) is 3.94. The number of imidazole rings is 1. The Labute approximate surface area is 212 Å². The minimum atomic E-state index is -0.172. The van der Waals surface area contributed by atoms with E-state index >= 15 is 0 Å². The van der Waals surface area contributed by atoms with Crippen LogP contribution in [0.1, 0.15) is 76.6 Å². The van der Waals surface area contributed by atoms with Crippen molar-refractivity contribution in [2.75, 3.05) is 20.1 Å². The zero-order valence-corrected chi connectivity index (χ0v) is 21.4. The van der Waals surface area contributed by atoms with Gasteiger partial charge in [0.2, 0.25) is 5.91 Å². The number of piperidine rings is 1. The Hall–Kier alpha value is -3.07. The van der Waals surface area contributed by atoms with Gasteiger partial charge >= 0.3 is 0 Å². The molecule has 192 valence electrons. The Morgan fingerprint density at radius 1 is 1.22 bits per heavy atom. The van der Waals surface area contributed by atoms with Gasteiger partial charge in [-0.3, -0.25) is 9.59 Å². The Morgan fingerprint density at radius 3 is 2.86 bits per heavy atom. The van der Waals surface area contributed by atoms with E-state index in [4.69, 9.17) is 0 Å². The fraction of sp³-hybridized carbons (Fsp3) is 0.593. The second-order valence-corrected chi connectivity index (χ2v) is 10.6. The second kappa shape index (κ2) is 10.5. The summed E-state index contributed by atoms with van der Waals surface area (Å²) >= 11 is 0. The fourth-order valence-electron chi connectivity index (χ4n) is 5.55. The Morgan fingerprint density at radius 2 is 2.06 bits per heavy atom. The van der Waals surface area contributed by atoms with Crippen molar-refractivity contribution in [2.45, 2.75) is 70.8 Å². The van der Waals surface area contributed by atoms with E-state index < -0.39 is 0 Å². The smallest absolute Gasteiger partial charge is 0.224 e. The molecule has 9 heteroatoms. The van der Waals surface area contributed by atoms with E-state index in [2.05, 4.69) is 37.3 Å². The van der Waals surface area contributed by atoms with Crippen molar-refractivity contribution in [3.63, 3.8) is 0 Å². The van der Waals surface area contributed by atoms with Crippen molar-refractivity contribution in [3.05, 3.63) is 36.7 Å². The number of unbranched alkanes of at least 4 members (excludes halogenated alkanes) is 2. The lowest BCUT2D eigenvalue weighted by Gasteiger charge is -2.30. The van der Waals surface area contributed by atoms with E-state index in [0.29, 0.717) is 18.6 Å².